The number of likely N-dealkylation sites (tertiary alicyclic amines) is 1. The summed E-state index contributed by atoms with van der Waals surface area (Å²) >= 11 is 0. The summed E-state index contributed by atoms with van der Waals surface area (Å²) in [6.07, 6.45) is 0. The Labute approximate surface area is 204 Å². The first-order valence-electron chi connectivity index (χ1n) is 11.9. The molecule has 35 heavy (non-hydrogen) atoms. The standard InChI is InChI=1S/C26H35F3N4O2/c1-7-33(19-12-32(6)13-19)23-10-18(26(28,29)14-27)9-21(17(23)5)24(34)30-11-22-20(15(2)3)8-16(4)31-25(22)35/h8-10,15,19H,7,11-14H2,1-6H3,(H,30,34)(H,31,35). The molecule has 1 aliphatic rings. The van der Waals surface area contributed by atoms with E-state index in [0.29, 0.717) is 23.4 Å². The van der Waals surface area contributed by atoms with E-state index >= 15 is 0 Å². The molecule has 1 aliphatic heterocycles. The molecule has 2 N–H and O–H groups in total. The lowest BCUT2D eigenvalue weighted by Gasteiger charge is -2.45. The predicted octanol–water partition coefficient (Wildman–Crippen LogP) is 4.25. The average molecular weight is 493 g/mol. The third-order valence-corrected chi connectivity index (χ3v) is 6.70. The van der Waals surface area contributed by atoms with Crippen molar-refractivity contribution in [2.45, 2.75) is 59.0 Å². The minimum atomic E-state index is -3.72. The van der Waals surface area contributed by atoms with Crippen LogP contribution < -0.4 is 15.8 Å². The fraction of sp³-hybridized carbons (Fsp3) is 0.538. The van der Waals surface area contributed by atoms with Crippen LogP contribution in [0.15, 0.2) is 23.0 Å². The fourth-order valence-electron chi connectivity index (χ4n) is 4.71. The van der Waals surface area contributed by atoms with Gasteiger partial charge in [0.25, 0.3) is 11.5 Å². The number of nitrogens with zero attached hydrogens (tertiary/aromatic N) is 2. The van der Waals surface area contributed by atoms with Gasteiger partial charge in [-0.2, -0.15) is 8.78 Å². The highest BCUT2D eigenvalue weighted by Gasteiger charge is 2.36. The van der Waals surface area contributed by atoms with Crippen molar-refractivity contribution in [3.63, 3.8) is 0 Å². The van der Waals surface area contributed by atoms with Crippen molar-refractivity contribution >= 4 is 11.6 Å². The summed E-state index contributed by atoms with van der Waals surface area (Å²) in [7, 11) is 1.97. The molecule has 1 saturated heterocycles. The van der Waals surface area contributed by atoms with Crippen molar-refractivity contribution in [3.05, 3.63) is 62.1 Å². The number of H-pyrrole nitrogens is 1. The molecule has 192 valence electrons. The number of benzene rings is 1. The van der Waals surface area contributed by atoms with Gasteiger partial charge in [0, 0.05) is 54.3 Å². The largest absolute Gasteiger partial charge is 0.366 e. The highest BCUT2D eigenvalue weighted by Crippen LogP contribution is 2.36. The summed E-state index contributed by atoms with van der Waals surface area (Å²) < 4.78 is 42.2. The molecule has 0 aliphatic carbocycles. The molecule has 9 heteroatoms. The Bertz CT molecular complexity index is 1140. The van der Waals surface area contributed by atoms with E-state index < -0.39 is 24.1 Å². The van der Waals surface area contributed by atoms with Gasteiger partial charge in [0.2, 0.25) is 0 Å². The number of halogens is 3. The number of carbonyl (C=O) groups is 1. The zero-order valence-corrected chi connectivity index (χ0v) is 21.3. The zero-order valence-electron chi connectivity index (χ0n) is 21.3. The van der Waals surface area contributed by atoms with Gasteiger partial charge in [-0.15, -0.1) is 0 Å². The minimum Gasteiger partial charge on any atom is -0.366 e. The molecule has 1 aromatic carbocycles. The Morgan fingerprint density at radius 2 is 1.91 bits per heavy atom. The van der Waals surface area contributed by atoms with E-state index in [0.717, 1.165) is 30.4 Å². The summed E-state index contributed by atoms with van der Waals surface area (Å²) in [4.78, 5) is 32.7. The van der Waals surface area contributed by atoms with Gasteiger partial charge < -0.3 is 20.1 Å². The minimum absolute atomic E-state index is 0.0476. The van der Waals surface area contributed by atoms with Crippen LogP contribution in [0.2, 0.25) is 0 Å². The number of rotatable bonds is 9. The SMILES string of the molecule is CCN(c1cc(C(F)(F)CF)cc(C(=O)NCc2c(C(C)C)cc(C)[nH]c2=O)c1C)C1CN(C)C1. The average Bonchev–Trinajstić information content (AvgIpc) is 2.77. The number of likely N-dealkylation sites (N-methyl/N-ethyl adjacent to an activating group) is 2. The van der Waals surface area contributed by atoms with Crippen LogP contribution in [0, 0.1) is 13.8 Å². The number of alkyl halides is 3. The van der Waals surface area contributed by atoms with Gasteiger partial charge in [0.05, 0.1) is 6.04 Å². The summed E-state index contributed by atoms with van der Waals surface area (Å²) in [6.45, 7) is 9.53. The van der Waals surface area contributed by atoms with E-state index in [-0.39, 0.29) is 29.6 Å². The van der Waals surface area contributed by atoms with Crippen LogP contribution in [-0.2, 0) is 12.5 Å². The van der Waals surface area contributed by atoms with E-state index in [1.54, 1.807) is 13.8 Å². The molecule has 3 rings (SSSR count). The van der Waals surface area contributed by atoms with Crippen LogP contribution in [0.1, 0.15) is 65.0 Å². The molecule has 2 heterocycles. The van der Waals surface area contributed by atoms with Crippen LogP contribution in [0.5, 0.6) is 0 Å². The Hall–Kier alpha value is -2.81. The van der Waals surface area contributed by atoms with E-state index in [4.69, 9.17) is 0 Å². The predicted molar refractivity (Wildman–Crippen MR) is 132 cm³/mol. The Kier molecular flexibility index (Phi) is 7.99. The monoisotopic (exact) mass is 492 g/mol. The second-order valence-corrected chi connectivity index (χ2v) is 9.72. The lowest BCUT2D eigenvalue weighted by Crippen LogP contribution is -2.58. The molecule has 2 aromatic rings. The molecule has 0 spiro atoms. The van der Waals surface area contributed by atoms with Crippen molar-refractivity contribution in [2.75, 3.05) is 38.3 Å². The quantitative estimate of drug-likeness (QED) is 0.549. The lowest BCUT2D eigenvalue weighted by atomic mass is 9.95. The summed E-state index contributed by atoms with van der Waals surface area (Å²) in [5.41, 5.74) is 2.21. The number of pyridine rings is 1. The first kappa shape index (κ1) is 26.8. The maximum absolute atomic E-state index is 14.5. The van der Waals surface area contributed by atoms with E-state index in [1.807, 2.05) is 38.8 Å². The zero-order chi connectivity index (χ0) is 26.1. The molecule has 0 atom stereocenters. The summed E-state index contributed by atoms with van der Waals surface area (Å²) in [6, 6.07) is 4.36. The van der Waals surface area contributed by atoms with Gasteiger partial charge in [-0.3, -0.25) is 9.59 Å². The number of hydrogen-bond acceptors (Lipinski definition) is 4. The van der Waals surface area contributed by atoms with Crippen molar-refractivity contribution in [3.8, 4) is 0 Å². The maximum Gasteiger partial charge on any atom is 0.301 e. The molecule has 1 amide bonds. The molecule has 0 saturated carbocycles. The van der Waals surface area contributed by atoms with Gasteiger partial charge in [-0.1, -0.05) is 13.8 Å². The Morgan fingerprint density at radius 1 is 1.26 bits per heavy atom. The van der Waals surface area contributed by atoms with Crippen LogP contribution in [0.4, 0.5) is 18.9 Å². The maximum atomic E-state index is 14.5. The van der Waals surface area contributed by atoms with Crippen molar-refractivity contribution in [1.29, 1.82) is 0 Å². The first-order valence-corrected chi connectivity index (χ1v) is 11.9. The molecule has 1 aromatic heterocycles. The third-order valence-electron chi connectivity index (χ3n) is 6.70. The number of amides is 1. The summed E-state index contributed by atoms with van der Waals surface area (Å²) in [5.74, 6) is -4.25. The number of nitrogens with one attached hydrogen (secondary N) is 2. The number of aromatic nitrogens is 1. The highest BCUT2D eigenvalue weighted by atomic mass is 19.3. The fourth-order valence-corrected chi connectivity index (χ4v) is 4.71. The van der Waals surface area contributed by atoms with Crippen molar-refractivity contribution in [2.24, 2.45) is 0 Å². The van der Waals surface area contributed by atoms with Crippen molar-refractivity contribution < 1.29 is 18.0 Å². The number of hydrogen-bond donors (Lipinski definition) is 2. The van der Waals surface area contributed by atoms with E-state index in [9.17, 15) is 22.8 Å². The van der Waals surface area contributed by atoms with Gasteiger partial charge in [0.15, 0.2) is 6.67 Å². The Balaban J connectivity index is 2.00. The lowest BCUT2D eigenvalue weighted by molar-refractivity contribution is -0.0281. The molecule has 1 fully saturated rings. The smallest absolute Gasteiger partial charge is 0.301 e. The Morgan fingerprint density at radius 3 is 2.46 bits per heavy atom. The molecular formula is C26H35F3N4O2. The number of aromatic amines is 1. The van der Waals surface area contributed by atoms with Gasteiger partial charge in [-0.05, 0) is 63.1 Å². The highest BCUT2D eigenvalue weighted by molar-refractivity contribution is 5.97. The van der Waals surface area contributed by atoms with Crippen LogP contribution in [0.3, 0.4) is 0 Å². The van der Waals surface area contributed by atoms with E-state index in [1.165, 1.54) is 6.07 Å². The van der Waals surface area contributed by atoms with Gasteiger partial charge in [0.1, 0.15) is 0 Å². The van der Waals surface area contributed by atoms with Crippen LogP contribution >= 0.6 is 0 Å². The molecule has 0 radical (unpaired) electrons. The summed E-state index contributed by atoms with van der Waals surface area (Å²) in [5, 5.41) is 2.73. The second-order valence-electron chi connectivity index (χ2n) is 9.72. The van der Waals surface area contributed by atoms with Gasteiger partial charge in [-0.25, -0.2) is 4.39 Å². The third kappa shape index (κ3) is 5.55. The molecule has 0 unspecified atom stereocenters. The molecule has 0 bridgehead atoms. The topological polar surface area (TPSA) is 68.4 Å². The van der Waals surface area contributed by atoms with Gasteiger partial charge >= 0.3 is 5.92 Å². The number of carbonyl (C=O) groups excluding carboxylic acids is 1. The number of anilines is 1. The van der Waals surface area contributed by atoms with E-state index in [2.05, 4.69) is 15.2 Å². The van der Waals surface area contributed by atoms with Crippen LogP contribution in [-0.4, -0.2) is 55.2 Å². The van der Waals surface area contributed by atoms with Crippen molar-refractivity contribution in [1.82, 2.24) is 15.2 Å². The van der Waals surface area contributed by atoms with Crippen LogP contribution in [0.25, 0.3) is 0 Å². The first-order chi connectivity index (χ1) is 16.4. The molecular weight excluding hydrogens is 457 g/mol. The second kappa shape index (κ2) is 10.4. The number of aryl methyl sites for hydroxylation is 1. The molecule has 6 nitrogen and oxygen atoms in total. The normalized spacial score (nSPS) is 14.8.